The largest absolute Gasteiger partial charge is 0.488 e. The second-order valence-electron chi connectivity index (χ2n) is 4.11. The third kappa shape index (κ3) is 2.48. The Morgan fingerprint density at radius 1 is 1.29 bits per heavy atom. The molecule has 6 heteroatoms. The smallest absolute Gasteiger partial charge is 0.423 e. The molecule has 1 aromatic carbocycles. The lowest BCUT2D eigenvalue weighted by molar-refractivity contribution is 0.0788. The van der Waals surface area contributed by atoms with Crippen LogP contribution in [0.4, 0.5) is 4.39 Å². The molecule has 1 amide bonds. The molecule has 0 unspecified atom stereocenters. The molecule has 1 aromatic rings. The Morgan fingerprint density at radius 2 is 1.94 bits per heavy atom. The molecule has 0 aromatic heterocycles. The summed E-state index contributed by atoms with van der Waals surface area (Å²) in [6.45, 7) is 1.31. The van der Waals surface area contributed by atoms with E-state index < -0.39 is 12.9 Å². The molecule has 17 heavy (non-hydrogen) atoms. The molecule has 1 fully saturated rings. The van der Waals surface area contributed by atoms with Crippen LogP contribution in [-0.4, -0.2) is 41.1 Å². The van der Waals surface area contributed by atoms with E-state index in [4.69, 9.17) is 10.0 Å². The second kappa shape index (κ2) is 4.85. The first kappa shape index (κ1) is 12.1. The second-order valence-corrected chi connectivity index (χ2v) is 4.11. The fourth-order valence-electron chi connectivity index (χ4n) is 1.96. The normalized spacial score (nSPS) is 15.1. The zero-order chi connectivity index (χ0) is 12.4. The fourth-order valence-corrected chi connectivity index (χ4v) is 1.96. The van der Waals surface area contributed by atoms with Crippen molar-refractivity contribution in [2.75, 3.05) is 13.1 Å². The molecule has 4 nitrogen and oxygen atoms in total. The number of rotatable bonds is 2. The van der Waals surface area contributed by atoms with E-state index in [0.717, 1.165) is 18.9 Å². The molecular formula is C11H13BFNO3. The lowest BCUT2D eigenvalue weighted by atomic mass is 9.80. The van der Waals surface area contributed by atoms with Crippen LogP contribution in [-0.2, 0) is 0 Å². The zero-order valence-electron chi connectivity index (χ0n) is 9.27. The fraction of sp³-hybridized carbons (Fsp3) is 0.364. The Morgan fingerprint density at radius 3 is 2.47 bits per heavy atom. The summed E-state index contributed by atoms with van der Waals surface area (Å²) in [5, 5.41) is 17.8. The van der Waals surface area contributed by atoms with Crippen LogP contribution in [0, 0.1) is 5.82 Å². The Bertz CT molecular complexity index is 433. The summed E-state index contributed by atoms with van der Waals surface area (Å²) in [6, 6.07) is 3.62. The number of hydrogen-bond acceptors (Lipinski definition) is 3. The molecule has 90 valence electrons. The third-order valence-corrected chi connectivity index (χ3v) is 2.91. The van der Waals surface area contributed by atoms with E-state index in [0.29, 0.717) is 13.1 Å². The van der Waals surface area contributed by atoms with Crippen molar-refractivity contribution in [2.24, 2.45) is 0 Å². The Kier molecular flexibility index (Phi) is 3.45. The van der Waals surface area contributed by atoms with Gasteiger partial charge in [-0.05, 0) is 30.4 Å². The molecule has 0 saturated carbocycles. The maximum atomic E-state index is 13.6. The number of nitrogens with zero attached hydrogens (tertiary/aromatic N) is 1. The van der Waals surface area contributed by atoms with E-state index >= 15 is 0 Å². The van der Waals surface area contributed by atoms with Crippen molar-refractivity contribution in [2.45, 2.75) is 12.8 Å². The molecule has 0 atom stereocenters. The molecule has 2 N–H and O–H groups in total. The highest BCUT2D eigenvalue weighted by molar-refractivity contribution is 6.58. The van der Waals surface area contributed by atoms with Gasteiger partial charge in [-0.2, -0.15) is 0 Å². The maximum absolute atomic E-state index is 13.6. The van der Waals surface area contributed by atoms with Crippen LogP contribution >= 0.6 is 0 Å². The first-order chi connectivity index (χ1) is 8.09. The van der Waals surface area contributed by atoms with Crippen LogP contribution in [0.25, 0.3) is 0 Å². The van der Waals surface area contributed by atoms with Crippen molar-refractivity contribution >= 4 is 18.5 Å². The summed E-state index contributed by atoms with van der Waals surface area (Å²) in [7, 11) is -1.72. The topological polar surface area (TPSA) is 60.8 Å². The summed E-state index contributed by atoms with van der Waals surface area (Å²) >= 11 is 0. The number of benzene rings is 1. The van der Waals surface area contributed by atoms with Crippen LogP contribution in [0.1, 0.15) is 23.2 Å². The molecule has 1 heterocycles. The number of likely N-dealkylation sites (tertiary alicyclic amines) is 1. The molecule has 1 aliphatic rings. The lowest BCUT2D eigenvalue weighted by Gasteiger charge is -2.15. The molecule has 0 bridgehead atoms. The predicted molar refractivity (Wildman–Crippen MR) is 61.4 cm³/mol. The molecule has 0 spiro atoms. The van der Waals surface area contributed by atoms with Gasteiger partial charge in [0.1, 0.15) is 5.82 Å². The maximum Gasteiger partial charge on any atom is 0.488 e. The monoisotopic (exact) mass is 237 g/mol. The van der Waals surface area contributed by atoms with Crippen molar-refractivity contribution in [1.82, 2.24) is 4.90 Å². The zero-order valence-corrected chi connectivity index (χ0v) is 9.27. The van der Waals surface area contributed by atoms with Gasteiger partial charge in [0.2, 0.25) is 0 Å². The molecule has 0 aliphatic carbocycles. The van der Waals surface area contributed by atoms with Crippen LogP contribution < -0.4 is 5.46 Å². The van der Waals surface area contributed by atoms with Gasteiger partial charge in [0.25, 0.3) is 5.91 Å². The summed E-state index contributed by atoms with van der Waals surface area (Å²) in [4.78, 5) is 13.5. The van der Waals surface area contributed by atoms with E-state index in [-0.39, 0.29) is 16.9 Å². The van der Waals surface area contributed by atoms with Crippen molar-refractivity contribution in [1.29, 1.82) is 0 Å². The summed E-state index contributed by atoms with van der Waals surface area (Å²) in [6.07, 6.45) is 1.89. The van der Waals surface area contributed by atoms with Gasteiger partial charge in [-0.15, -0.1) is 0 Å². The standard InChI is InChI=1S/C11H13BFNO3/c13-10-7-8(12(16)17)3-4-9(10)11(15)14-5-1-2-6-14/h3-4,7,16-17H,1-2,5-6H2. The van der Waals surface area contributed by atoms with Crippen molar-refractivity contribution < 1.29 is 19.2 Å². The van der Waals surface area contributed by atoms with Gasteiger partial charge in [0.15, 0.2) is 0 Å². The Labute approximate surface area is 98.8 Å². The average molecular weight is 237 g/mol. The highest BCUT2D eigenvalue weighted by Crippen LogP contribution is 2.14. The lowest BCUT2D eigenvalue weighted by Crippen LogP contribution is -2.32. The quantitative estimate of drug-likeness (QED) is 0.697. The van der Waals surface area contributed by atoms with Crippen LogP contribution in [0.15, 0.2) is 18.2 Å². The highest BCUT2D eigenvalue weighted by atomic mass is 19.1. The number of carbonyl (C=O) groups excluding carboxylic acids is 1. The highest BCUT2D eigenvalue weighted by Gasteiger charge is 2.23. The minimum Gasteiger partial charge on any atom is -0.423 e. The van der Waals surface area contributed by atoms with Gasteiger partial charge in [0, 0.05) is 13.1 Å². The third-order valence-electron chi connectivity index (χ3n) is 2.91. The number of halogens is 1. The van der Waals surface area contributed by atoms with E-state index in [1.807, 2.05) is 0 Å². The minimum atomic E-state index is -1.72. The minimum absolute atomic E-state index is 0.0173. The molecule has 2 rings (SSSR count). The summed E-state index contributed by atoms with van der Waals surface area (Å²) < 4.78 is 13.6. The van der Waals surface area contributed by atoms with Crippen molar-refractivity contribution in [3.05, 3.63) is 29.6 Å². The van der Waals surface area contributed by atoms with Gasteiger partial charge in [-0.1, -0.05) is 6.07 Å². The van der Waals surface area contributed by atoms with Crippen molar-refractivity contribution in [3.63, 3.8) is 0 Å². The number of hydrogen-bond donors (Lipinski definition) is 2. The Balaban J connectivity index is 2.23. The van der Waals surface area contributed by atoms with Gasteiger partial charge < -0.3 is 14.9 Å². The van der Waals surface area contributed by atoms with E-state index in [2.05, 4.69) is 0 Å². The van der Waals surface area contributed by atoms with Crippen molar-refractivity contribution in [3.8, 4) is 0 Å². The Hall–Kier alpha value is -1.40. The van der Waals surface area contributed by atoms with Gasteiger partial charge >= 0.3 is 7.12 Å². The average Bonchev–Trinajstić information content (AvgIpc) is 2.81. The summed E-state index contributed by atoms with van der Waals surface area (Å²) in [5.74, 6) is -1.05. The predicted octanol–water partition coefficient (Wildman–Crippen LogP) is -0.259. The van der Waals surface area contributed by atoms with Gasteiger partial charge in [-0.3, -0.25) is 4.79 Å². The van der Waals surface area contributed by atoms with E-state index in [1.54, 1.807) is 4.90 Å². The van der Waals surface area contributed by atoms with Gasteiger partial charge in [0.05, 0.1) is 5.56 Å². The number of carbonyl (C=O) groups is 1. The molecular weight excluding hydrogens is 224 g/mol. The van der Waals surface area contributed by atoms with Crippen LogP contribution in [0.2, 0.25) is 0 Å². The molecule has 1 aliphatic heterocycles. The van der Waals surface area contributed by atoms with E-state index in [1.165, 1.54) is 12.1 Å². The first-order valence-corrected chi connectivity index (χ1v) is 5.54. The van der Waals surface area contributed by atoms with Crippen LogP contribution in [0.5, 0.6) is 0 Å². The van der Waals surface area contributed by atoms with Crippen LogP contribution in [0.3, 0.4) is 0 Å². The number of amides is 1. The first-order valence-electron chi connectivity index (χ1n) is 5.54. The molecule has 1 saturated heterocycles. The van der Waals surface area contributed by atoms with E-state index in [9.17, 15) is 9.18 Å². The SMILES string of the molecule is O=C(c1ccc(B(O)O)cc1F)N1CCCC1. The summed E-state index contributed by atoms with van der Waals surface area (Å²) in [5.41, 5.74) is 0.0248. The van der Waals surface area contributed by atoms with Gasteiger partial charge in [-0.25, -0.2) is 4.39 Å². The molecule has 0 radical (unpaired) electrons.